The van der Waals surface area contributed by atoms with Crippen LogP contribution in [-0.2, 0) is 11.3 Å². The first-order valence-corrected chi connectivity index (χ1v) is 9.53. The van der Waals surface area contributed by atoms with Crippen molar-refractivity contribution in [1.29, 1.82) is 0 Å². The Morgan fingerprint density at radius 1 is 1.21 bits per heavy atom. The summed E-state index contributed by atoms with van der Waals surface area (Å²) in [6, 6.07) is 14.4. The summed E-state index contributed by atoms with van der Waals surface area (Å²) in [6.07, 6.45) is 1.06. The van der Waals surface area contributed by atoms with E-state index >= 15 is 0 Å². The molecule has 0 aromatic heterocycles. The maximum atomic E-state index is 13.0. The van der Waals surface area contributed by atoms with E-state index in [1.807, 2.05) is 42.2 Å². The number of methoxy groups -OCH3 is 1. The Morgan fingerprint density at radius 3 is 2.64 bits per heavy atom. The first-order valence-electron chi connectivity index (χ1n) is 9.53. The quantitative estimate of drug-likeness (QED) is 0.863. The highest BCUT2D eigenvalue weighted by Gasteiger charge is 2.31. The number of amides is 2. The van der Waals surface area contributed by atoms with Crippen molar-refractivity contribution in [3.05, 3.63) is 59.7 Å². The summed E-state index contributed by atoms with van der Waals surface area (Å²) >= 11 is 0. The summed E-state index contributed by atoms with van der Waals surface area (Å²) < 4.78 is 5.11. The SMILES string of the molecule is CC[C@H]1CN(C(=O)c2ccc(O)c(OC)c2)CCC(=O)N1Cc1ccccc1. The van der Waals surface area contributed by atoms with Crippen LogP contribution in [0.2, 0.25) is 0 Å². The van der Waals surface area contributed by atoms with E-state index < -0.39 is 0 Å². The number of carbonyl (C=O) groups is 2. The van der Waals surface area contributed by atoms with Crippen LogP contribution in [0.5, 0.6) is 11.5 Å². The highest BCUT2D eigenvalue weighted by Crippen LogP contribution is 2.27. The smallest absolute Gasteiger partial charge is 0.254 e. The number of carbonyl (C=O) groups excluding carboxylic acids is 2. The van der Waals surface area contributed by atoms with Crippen molar-refractivity contribution in [2.45, 2.75) is 32.4 Å². The van der Waals surface area contributed by atoms with Crippen molar-refractivity contribution in [2.24, 2.45) is 0 Å². The van der Waals surface area contributed by atoms with Gasteiger partial charge in [0.25, 0.3) is 5.91 Å². The first-order chi connectivity index (χ1) is 13.5. The summed E-state index contributed by atoms with van der Waals surface area (Å²) in [5, 5.41) is 9.76. The van der Waals surface area contributed by atoms with Crippen LogP contribution in [0.4, 0.5) is 0 Å². The minimum atomic E-state index is -0.161. The third kappa shape index (κ3) is 4.27. The standard InChI is InChI=1S/C22H26N2O4/c1-3-18-15-23(22(27)17-9-10-19(25)20(13-17)28-2)12-11-21(26)24(18)14-16-7-5-4-6-8-16/h4-10,13,18,25H,3,11-12,14-15H2,1-2H3/t18-/m0/s1. The molecular weight excluding hydrogens is 356 g/mol. The molecule has 1 saturated heterocycles. The molecule has 0 saturated carbocycles. The van der Waals surface area contributed by atoms with E-state index in [1.54, 1.807) is 11.0 Å². The van der Waals surface area contributed by atoms with Crippen LogP contribution < -0.4 is 4.74 Å². The second-order valence-corrected chi connectivity index (χ2v) is 6.96. The molecule has 0 bridgehead atoms. The zero-order valence-electron chi connectivity index (χ0n) is 16.3. The molecule has 1 atom stereocenters. The average molecular weight is 382 g/mol. The van der Waals surface area contributed by atoms with Gasteiger partial charge >= 0.3 is 0 Å². The van der Waals surface area contributed by atoms with Crippen LogP contribution in [0.25, 0.3) is 0 Å². The number of ether oxygens (including phenoxy) is 1. The van der Waals surface area contributed by atoms with Crippen LogP contribution in [-0.4, -0.2) is 53.0 Å². The van der Waals surface area contributed by atoms with Crippen molar-refractivity contribution in [3.63, 3.8) is 0 Å². The highest BCUT2D eigenvalue weighted by molar-refractivity contribution is 5.95. The van der Waals surface area contributed by atoms with Gasteiger partial charge in [0.05, 0.1) is 7.11 Å². The maximum Gasteiger partial charge on any atom is 0.254 e. The number of aromatic hydroxyl groups is 1. The number of phenolic OH excluding ortho intramolecular Hbond substituents is 1. The Balaban J connectivity index is 1.79. The van der Waals surface area contributed by atoms with Crippen molar-refractivity contribution < 1.29 is 19.4 Å². The van der Waals surface area contributed by atoms with Gasteiger partial charge in [0.15, 0.2) is 11.5 Å². The van der Waals surface area contributed by atoms with Crippen molar-refractivity contribution >= 4 is 11.8 Å². The summed E-state index contributed by atoms with van der Waals surface area (Å²) in [4.78, 5) is 29.4. The van der Waals surface area contributed by atoms with Gasteiger partial charge in [-0.25, -0.2) is 0 Å². The van der Waals surface area contributed by atoms with E-state index in [-0.39, 0.29) is 29.4 Å². The average Bonchev–Trinajstić information content (AvgIpc) is 2.88. The highest BCUT2D eigenvalue weighted by atomic mass is 16.5. The zero-order valence-corrected chi connectivity index (χ0v) is 16.3. The summed E-state index contributed by atoms with van der Waals surface area (Å²) in [5.74, 6) is 0.153. The Hall–Kier alpha value is -3.02. The van der Waals surface area contributed by atoms with Crippen molar-refractivity contribution in [1.82, 2.24) is 9.80 Å². The van der Waals surface area contributed by atoms with E-state index in [1.165, 1.54) is 19.2 Å². The summed E-state index contributed by atoms with van der Waals surface area (Å²) in [7, 11) is 1.45. The van der Waals surface area contributed by atoms with E-state index in [9.17, 15) is 14.7 Å². The van der Waals surface area contributed by atoms with Gasteiger partial charge in [0.1, 0.15) is 0 Å². The molecule has 1 N–H and O–H groups in total. The van der Waals surface area contributed by atoms with E-state index in [2.05, 4.69) is 0 Å². The molecule has 2 aromatic carbocycles. The van der Waals surface area contributed by atoms with Gasteiger partial charge in [-0.05, 0) is 30.2 Å². The molecule has 1 aliphatic rings. The molecule has 6 heteroatoms. The van der Waals surface area contributed by atoms with Crippen LogP contribution in [0.15, 0.2) is 48.5 Å². The molecule has 1 fully saturated rings. The molecule has 0 unspecified atom stereocenters. The Morgan fingerprint density at radius 2 is 1.96 bits per heavy atom. The van der Waals surface area contributed by atoms with Crippen molar-refractivity contribution in [2.75, 3.05) is 20.2 Å². The number of benzene rings is 2. The zero-order chi connectivity index (χ0) is 20.1. The van der Waals surface area contributed by atoms with Gasteiger partial charge in [0, 0.05) is 37.7 Å². The third-order valence-electron chi connectivity index (χ3n) is 5.17. The van der Waals surface area contributed by atoms with Crippen molar-refractivity contribution in [3.8, 4) is 11.5 Å². The van der Waals surface area contributed by atoms with E-state index in [0.29, 0.717) is 31.6 Å². The second-order valence-electron chi connectivity index (χ2n) is 6.96. The lowest BCUT2D eigenvalue weighted by atomic mass is 10.1. The topological polar surface area (TPSA) is 70.1 Å². The minimum absolute atomic E-state index is 0.00874. The Kier molecular flexibility index (Phi) is 6.19. The largest absolute Gasteiger partial charge is 0.504 e. The molecule has 2 amide bonds. The lowest BCUT2D eigenvalue weighted by Gasteiger charge is -2.31. The molecule has 1 heterocycles. The first kappa shape index (κ1) is 19.7. The number of nitrogens with zero attached hydrogens (tertiary/aromatic N) is 2. The van der Waals surface area contributed by atoms with Gasteiger partial charge < -0.3 is 19.6 Å². The molecule has 0 spiro atoms. The number of hydrogen-bond donors (Lipinski definition) is 1. The fourth-order valence-electron chi connectivity index (χ4n) is 3.55. The molecular formula is C22H26N2O4. The molecule has 2 aromatic rings. The molecule has 28 heavy (non-hydrogen) atoms. The molecule has 3 rings (SSSR count). The third-order valence-corrected chi connectivity index (χ3v) is 5.17. The van der Waals surface area contributed by atoms with Crippen LogP contribution in [0.3, 0.4) is 0 Å². The van der Waals surface area contributed by atoms with E-state index in [0.717, 1.165) is 12.0 Å². The normalized spacial score (nSPS) is 17.4. The lowest BCUT2D eigenvalue weighted by Crippen LogP contribution is -2.43. The summed E-state index contributed by atoms with van der Waals surface area (Å²) in [5.41, 5.74) is 1.52. The van der Waals surface area contributed by atoms with Gasteiger partial charge in [-0.2, -0.15) is 0 Å². The number of hydrogen-bond acceptors (Lipinski definition) is 4. The number of rotatable bonds is 5. The minimum Gasteiger partial charge on any atom is -0.504 e. The molecule has 6 nitrogen and oxygen atoms in total. The van der Waals surface area contributed by atoms with Gasteiger partial charge in [0.2, 0.25) is 5.91 Å². The van der Waals surface area contributed by atoms with Crippen LogP contribution in [0, 0.1) is 0 Å². The van der Waals surface area contributed by atoms with Gasteiger partial charge in [-0.15, -0.1) is 0 Å². The molecule has 0 radical (unpaired) electrons. The second kappa shape index (κ2) is 8.78. The van der Waals surface area contributed by atoms with Crippen LogP contribution in [0.1, 0.15) is 35.7 Å². The lowest BCUT2D eigenvalue weighted by molar-refractivity contribution is -0.133. The predicted octanol–water partition coefficient (Wildman–Crippen LogP) is 3.05. The Bertz CT molecular complexity index is 838. The molecule has 0 aliphatic carbocycles. The molecule has 148 valence electrons. The maximum absolute atomic E-state index is 13.0. The van der Waals surface area contributed by atoms with Gasteiger partial charge in [-0.3, -0.25) is 9.59 Å². The Labute approximate surface area is 165 Å². The fourth-order valence-corrected chi connectivity index (χ4v) is 3.55. The van der Waals surface area contributed by atoms with E-state index in [4.69, 9.17) is 4.74 Å². The summed E-state index contributed by atoms with van der Waals surface area (Å²) in [6.45, 7) is 3.44. The monoisotopic (exact) mass is 382 g/mol. The van der Waals surface area contributed by atoms with Crippen LogP contribution >= 0.6 is 0 Å². The number of phenols is 1. The molecule has 1 aliphatic heterocycles. The van der Waals surface area contributed by atoms with Gasteiger partial charge in [-0.1, -0.05) is 37.3 Å². The predicted molar refractivity (Wildman–Crippen MR) is 106 cm³/mol. The fraction of sp³-hybridized carbons (Fsp3) is 0.364.